The van der Waals surface area contributed by atoms with Gasteiger partial charge in [-0.1, -0.05) is 73.5 Å². The predicted molar refractivity (Wildman–Crippen MR) is 159 cm³/mol. The number of unbranched alkanes of at least 4 members (excludes halogenated alkanes) is 1. The van der Waals surface area contributed by atoms with Gasteiger partial charge >= 0.3 is 0 Å². The number of hydrogen-bond donors (Lipinski definition) is 1. The van der Waals surface area contributed by atoms with Crippen LogP contribution in [0.15, 0.2) is 78.9 Å². The number of nitro groups is 1. The van der Waals surface area contributed by atoms with E-state index in [1.54, 1.807) is 24.3 Å². The van der Waals surface area contributed by atoms with Gasteiger partial charge in [-0.15, -0.1) is 0 Å². The monoisotopic (exact) mass is 600 g/mol. The minimum atomic E-state index is -4.05. The molecule has 2 amide bonds. The van der Waals surface area contributed by atoms with Crippen LogP contribution in [0.4, 0.5) is 11.4 Å². The van der Waals surface area contributed by atoms with E-state index in [9.17, 15) is 28.1 Å². The molecule has 0 fully saturated rings. The first-order valence-corrected chi connectivity index (χ1v) is 15.3. The van der Waals surface area contributed by atoms with Crippen molar-refractivity contribution in [2.24, 2.45) is 0 Å². The average molecular weight is 601 g/mol. The molecule has 10 nitrogen and oxygen atoms in total. The number of rotatable bonds is 14. The summed E-state index contributed by atoms with van der Waals surface area (Å²) in [6.07, 6.45) is 2.71. The van der Waals surface area contributed by atoms with Crippen LogP contribution >= 0.6 is 11.6 Å². The molecule has 41 heavy (non-hydrogen) atoms. The summed E-state index contributed by atoms with van der Waals surface area (Å²) in [5.74, 6) is -1.03. The Morgan fingerprint density at radius 3 is 2.32 bits per heavy atom. The Labute approximate surface area is 245 Å². The maximum absolute atomic E-state index is 14.0. The lowest BCUT2D eigenvalue weighted by atomic mass is 10.0. The van der Waals surface area contributed by atoms with Crippen LogP contribution in [0.2, 0.25) is 5.02 Å². The maximum Gasteiger partial charge on any atom is 0.271 e. The van der Waals surface area contributed by atoms with E-state index in [4.69, 9.17) is 11.6 Å². The van der Waals surface area contributed by atoms with E-state index in [-0.39, 0.29) is 30.2 Å². The molecule has 0 saturated carbocycles. The maximum atomic E-state index is 14.0. The molecule has 3 aromatic rings. The van der Waals surface area contributed by atoms with E-state index in [1.807, 2.05) is 37.3 Å². The molecule has 0 aromatic heterocycles. The molecule has 0 heterocycles. The van der Waals surface area contributed by atoms with Crippen molar-refractivity contribution >= 4 is 44.8 Å². The van der Waals surface area contributed by atoms with E-state index in [0.29, 0.717) is 17.1 Å². The van der Waals surface area contributed by atoms with Crippen LogP contribution in [0.5, 0.6) is 0 Å². The zero-order valence-electron chi connectivity index (χ0n) is 22.9. The highest BCUT2D eigenvalue weighted by Crippen LogP contribution is 2.24. The summed E-state index contributed by atoms with van der Waals surface area (Å²) in [7, 11) is -4.05. The number of anilines is 1. The molecule has 0 bridgehead atoms. The van der Waals surface area contributed by atoms with E-state index >= 15 is 0 Å². The Morgan fingerprint density at radius 2 is 1.68 bits per heavy atom. The van der Waals surface area contributed by atoms with Crippen molar-refractivity contribution in [1.82, 2.24) is 10.2 Å². The van der Waals surface area contributed by atoms with Gasteiger partial charge in [0.05, 0.1) is 16.9 Å². The van der Waals surface area contributed by atoms with Crippen molar-refractivity contribution in [2.45, 2.75) is 38.8 Å². The van der Waals surface area contributed by atoms with Gasteiger partial charge in [-0.2, -0.15) is 0 Å². The normalized spacial score (nSPS) is 11.9. The second-order valence-corrected chi connectivity index (χ2v) is 11.9. The molecule has 3 rings (SSSR count). The zero-order valence-corrected chi connectivity index (χ0v) is 24.5. The first kappa shape index (κ1) is 31.6. The fraction of sp³-hybridized carbons (Fsp3) is 0.310. The molecular weight excluding hydrogens is 568 g/mol. The molecule has 3 aromatic carbocycles. The van der Waals surface area contributed by atoms with Gasteiger partial charge in [0.2, 0.25) is 21.8 Å². The van der Waals surface area contributed by atoms with Crippen LogP contribution in [0.25, 0.3) is 0 Å². The summed E-state index contributed by atoms with van der Waals surface area (Å²) in [6.45, 7) is 1.72. The molecular formula is C29H33ClN4O6S. The lowest BCUT2D eigenvalue weighted by Gasteiger charge is -2.33. The Hall–Kier alpha value is -3.96. The lowest BCUT2D eigenvalue weighted by Crippen LogP contribution is -2.53. The molecule has 0 saturated heterocycles. The Morgan fingerprint density at radius 1 is 1.00 bits per heavy atom. The topological polar surface area (TPSA) is 130 Å². The molecule has 12 heteroatoms. The summed E-state index contributed by atoms with van der Waals surface area (Å²) >= 11 is 6.20. The highest BCUT2D eigenvalue weighted by atomic mass is 35.5. The van der Waals surface area contributed by atoms with E-state index in [2.05, 4.69) is 5.32 Å². The van der Waals surface area contributed by atoms with E-state index in [0.717, 1.165) is 35.0 Å². The third-order valence-corrected chi connectivity index (χ3v) is 7.73. The average Bonchev–Trinajstić information content (AvgIpc) is 2.93. The van der Waals surface area contributed by atoms with Gasteiger partial charge in [-0.3, -0.25) is 24.0 Å². The number of carbonyl (C=O) groups is 2. The summed E-state index contributed by atoms with van der Waals surface area (Å²) < 4.78 is 26.5. The first-order chi connectivity index (χ1) is 19.5. The standard InChI is InChI=1S/C29H33ClN4O6S/c1-3-4-16-31-29(36)27(18-22-10-6-5-7-11-22)32(20-23-12-8-13-24(30)17-23)28(35)21-33(41(2,39)40)25-14-9-15-26(19-25)34(37)38/h5-15,17,19,27H,3-4,16,18,20-21H2,1-2H3,(H,31,36). The Bertz CT molecular complexity index is 1470. The van der Waals surface area contributed by atoms with Gasteiger partial charge in [0.1, 0.15) is 12.6 Å². The van der Waals surface area contributed by atoms with Crippen LogP contribution in [0.1, 0.15) is 30.9 Å². The molecule has 218 valence electrons. The highest BCUT2D eigenvalue weighted by Gasteiger charge is 2.33. The van der Waals surface area contributed by atoms with E-state index < -0.39 is 33.4 Å². The van der Waals surface area contributed by atoms with Crippen molar-refractivity contribution in [2.75, 3.05) is 23.7 Å². The quantitative estimate of drug-likeness (QED) is 0.164. The van der Waals surface area contributed by atoms with Crippen LogP contribution < -0.4 is 9.62 Å². The number of hydrogen-bond acceptors (Lipinski definition) is 6. The molecule has 0 aliphatic heterocycles. The van der Waals surface area contributed by atoms with Crippen molar-refractivity contribution in [1.29, 1.82) is 0 Å². The van der Waals surface area contributed by atoms with Crippen LogP contribution in [0, 0.1) is 10.1 Å². The molecule has 1 N–H and O–H groups in total. The fourth-order valence-corrected chi connectivity index (χ4v) is 5.32. The number of amides is 2. The molecule has 0 spiro atoms. The number of non-ortho nitro benzene ring substituents is 1. The smallest absolute Gasteiger partial charge is 0.271 e. The number of halogens is 1. The lowest BCUT2D eigenvalue weighted by molar-refractivity contribution is -0.384. The number of nitro benzene ring substituents is 1. The largest absolute Gasteiger partial charge is 0.354 e. The molecule has 1 atom stereocenters. The van der Waals surface area contributed by atoms with Crippen LogP contribution in [0.3, 0.4) is 0 Å². The first-order valence-electron chi connectivity index (χ1n) is 13.1. The predicted octanol–water partition coefficient (Wildman–Crippen LogP) is 4.57. The number of nitrogens with one attached hydrogen (secondary N) is 1. The third-order valence-electron chi connectivity index (χ3n) is 6.35. The molecule has 1 unspecified atom stereocenters. The Kier molecular flexibility index (Phi) is 11.2. The van der Waals surface area contributed by atoms with Crippen LogP contribution in [-0.2, 0) is 32.6 Å². The zero-order chi connectivity index (χ0) is 30.0. The number of nitrogens with zero attached hydrogens (tertiary/aromatic N) is 3. The highest BCUT2D eigenvalue weighted by molar-refractivity contribution is 7.92. The summed E-state index contributed by atoms with van der Waals surface area (Å²) in [6, 6.07) is 20.1. The fourth-order valence-electron chi connectivity index (χ4n) is 4.27. The summed E-state index contributed by atoms with van der Waals surface area (Å²) in [5, 5.41) is 14.7. The van der Waals surface area contributed by atoms with E-state index in [1.165, 1.54) is 23.1 Å². The third kappa shape index (κ3) is 9.29. The molecule has 0 radical (unpaired) electrons. The van der Waals surface area contributed by atoms with Gasteiger partial charge in [-0.05, 0) is 35.7 Å². The van der Waals surface area contributed by atoms with Gasteiger partial charge in [0, 0.05) is 36.7 Å². The van der Waals surface area contributed by atoms with Crippen molar-refractivity contribution < 1.29 is 22.9 Å². The van der Waals surface area contributed by atoms with Gasteiger partial charge in [-0.25, -0.2) is 8.42 Å². The molecule has 0 aliphatic carbocycles. The van der Waals surface area contributed by atoms with Crippen molar-refractivity contribution in [3.05, 3.63) is 105 Å². The Balaban J connectivity index is 2.05. The number of carbonyl (C=O) groups excluding carboxylic acids is 2. The summed E-state index contributed by atoms with van der Waals surface area (Å²) in [4.78, 5) is 39.6. The second-order valence-electron chi connectivity index (χ2n) is 9.55. The minimum absolute atomic E-state index is 0.0232. The van der Waals surface area contributed by atoms with Crippen LogP contribution in [-0.4, -0.2) is 55.4 Å². The van der Waals surface area contributed by atoms with Gasteiger partial charge in [0.25, 0.3) is 5.69 Å². The number of sulfonamides is 1. The van der Waals surface area contributed by atoms with Gasteiger partial charge < -0.3 is 10.2 Å². The molecule has 0 aliphatic rings. The van der Waals surface area contributed by atoms with Crippen molar-refractivity contribution in [3.8, 4) is 0 Å². The summed E-state index contributed by atoms with van der Waals surface area (Å²) in [5.41, 5.74) is 1.10. The minimum Gasteiger partial charge on any atom is -0.354 e. The van der Waals surface area contributed by atoms with Gasteiger partial charge in [0.15, 0.2) is 0 Å². The second kappa shape index (κ2) is 14.6. The van der Waals surface area contributed by atoms with Crippen molar-refractivity contribution in [3.63, 3.8) is 0 Å². The SMILES string of the molecule is CCCCNC(=O)C(Cc1ccccc1)N(Cc1cccc(Cl)c1)C(=O)CN(c1cccc([N+](=O)[O-])c1)S(C)(=O)=O. The number of benzene rings is 3.